The maximum Gasteiger partial charge on any atom is 0.0692 e. The summed E-state index contributed by atoms with van der Waals surface area (Å²) < 4.78 is 0. The van der Waals surface area contributed by atoms with Gasteiger partial charge >= 0.3 is 0 Å². The summed E-state index contributed by atoms with van der Waals surface area (Å²) in [6.07, 6.45) is 4.65. The lowest BCUT2D eigenvalue weighted by Crippen LogP contribution is -2.28. The number of para-hydroxylation sites is 1. The number of benzene rings is 1. The summed E-state index contributed by atoms with van der Waals surface area (Å²) in [7, 11) is 0. The molecule has 1 atom stereocenters. The molecule has 1 aliphatic carbocycles. The minimum absolute atomic E-state index is 0.155. The van der Waals surface area contributed by atoms with Crippen LogP contribution in [0.2, 0.25) is 0 Å². The molecule has 1 aromatic carbocycles. The zero-order chi connectivity index (χ0) is 12.4. The number of anilines is 1. The van der Waals surface area contributed by atoms with Crippen LogP contribution in [-0.4, -0.2) is 24.3 Å². The third kappa shape index (κ3) is 2.68. The molecule has 18 heavy (non-hydrogen) atoms. The van der Waals surface area contributed by atoms with Crippen LogP contribution in [0.3, 0.4) is 0 Å². The lowest BCUT2D eigenvalue weighted by atomic mass is 9.99. The molecule has 1 fully saturated rings. The number of hydrogen-bond donors (Lipinski definition) is 3. The van der Waals surface area contributed by atoms with Gasteiger partial charge in [-0.1, -0.05) is 18.2 Å². The van der Waals surface area contributed by atoms with Crippen molar-refractivity contribution in [3.63, 3.8) is 0 Å². The molecule has 3 heteroatoms. The Morgan fingerprint density at radius 1 is 1.39 bits per heavy atom. The Balaban J connectivity index is 1.58. The summed E-state index contributed by atoms with van der Waals surface area (Å²) >= 11 is 0. The molecule has 0 bridgehead atoms. The van der Waals surface area contributed by atoms with Crippen molar-refractivity contribution in [3.05, 3.63) is 29.3 Å². The van der Waals surface area contributed by atoms with E-state index < -0.39 is 0 Å². The smallest absolute Gasteiger partial charge is 0.0692 e. The molecule has 1 unspecified atom stereocenters. The number of nitrogens with one attached hydrogen (secondary N) is 2. The molecule has 3 N–H and O–H groups in total. The molecule has 1 saturated carbocycles. The first-order chi connectivity index (χ1) is 8.84. The molecule has 0 spiro atoms. The van der Waals surface area contributed by atoms with E-state index in [0.717, 1.165) is 13.1 Å². The Morgan fingerprint density at radius 2 is 2.28 bits per heavy atom. The number of hydrogen-bond acceptors (Lipinski definition) is 3. The van der Waals surface area contributed by atoms with Gasteiger partial charge in [0, 0.05) is 25.3 Å². The van der Waals surface area contributed by atoms with Crippen LogP contribution in [0, 0.1) is 5.92 Å². The molecule has 1 aliphatic heterocycles. The van der Waals surface area contributed by atoms with Crippen molar-refractivity contribution >= 4 is 5.69 Å². The predicted molar refractivity (Wildman–Crippen MR) is 73.7 cm³/mol. The second-order valence-electron chi connectivity index (χ2n) is 5.52. The molecule has 3 rings (SSSR count). The van der Waals surface area contributed by atoms with Crippen LogP contribution in [0.4, 0.5) is 5.69 Å². The van der Waals surface area contributed by atoms with E-state index in [4.69, 9.17) is 0 Å². The van der Waals surface area contributed by atoms with E-state index in [1.54, 1.807) is 0 Å². The zero-order valence-electron chi connectivity index (χ0n) is 10.8. The molecular weight excluding hydrogens is 224 g/mol. The predicted octanol–water partition coefficient (Wildman–Crippen LogP) is 1.91. The van der Waals surface area contributed by atoms with Gasteiger partial charge in [0.2, 0.25) is 0 Å². The topological polar surface area (TPSA) is 44.3 Å². The summed E-state index contributed by atoms with van der Waals surface area (Å²) in [6, 6.07) is 6.53. The highest BCUT2D eigenvalue weighted by molar-refractivity contribution is 5.59. The fourth-order valence-electron chi connectivity index (χ4n) is 2.73. The van der Waals surface area contributed by atoms with Crippen LogP contribution >= 0.6 is 0 Å². The molecule has 1 heterocycles. The molecule has 0 amide bonds. The van der Waals surface area contributed by atoms with Gasteiger partial charge in [0.05, 0.1) is 6.10 Å². The summed E-state index contributed by atoms with van der Waals surface area (Å²) in [4.78, 5) is 0. The maximum absolute atomic E-state index is 9.83. The monoisotopic (exact) mass is 246 g/mol. The van der Waals surface area contributed by atoms with Gasteiger partial charge in [0.15, 0.2) is 0 Å². The van der Waals surface area contributed by atoms with Gasteiger partial charge < -0.3 is 15.7 Å². The third-order valence-electron chi connectivity index (χ3n) is 4.00. The average molecular weight is 246 g/mol. The number of rotatable bonds is 5. The Kier molecular flexibility index (Phi) is 3.52. The number of aryl methyl sites for hydroxylation is 1. The lowest BCUT2D eigenvalue weighted by molar-refractivity contribution is 0.148. The largest absolute Gasteiger partial charge is 0.392 e. The third-order valence-corrected chi connectivity index (χ3v) is 4.00. The van der Waals surface area contributed by atoms with Crippen LogP contribution in [0.15, 0.2) is 18.2 Å². The highest BCUT2D eigenvalue weighted by Gasteiger charge is 2.29. The van der Waals surface area contributed by atoms with Gasteiger partial charge in [-0.05, 0) is 42.7 Å². The Morgan fingerprint density at radius 3 is 3.11 bits per heavy atom. The van der Waals surface area contributed by atoms with Crippen LogP contribution in [0.1, 0.15) is 30.4 Å². The molecule has 0 radical (unpaired) electrons. The summed E-state index contributed by atoms with van der Waals surface area (Å²) in [5, 5.41) is 16.7. The van der Waals surface area contributed by atoms with Crippen molar-refractivity contribution in [3.8, 4) is 0 Å². The van der Waals surface area contributed by atoms with Gasteiger partial charge in [-0.15, -0.1) is 0 Å². The fourth-order valence-corrected chi connectivity index (χ4v) is 2.73. The van der Waals surface area contributed by atoms with E-state index in [-0.39, 0.29) is 6.10 Å². The van der Waals surface area contributed by atoms with Gasteiger partial charge in [-0.25, -0.2) is 0 Å². The molecule has 1 aromatic rings. The van der Waals surface area contributed by atoms with Crippen LogP contribution in [0.5, 0.6) is 0 Å². The summed E-state index contributed by atoms with van der Waals surface area (Å²) in [5.74, 6) is 0.556. The molecule has 98 valence electrons. The van der Waals surface area contributed by atoms with E-state index in [0.29, 0.717) is 12.5 Å². The first kappa shape index (κ1) is 12.0. The van der Waals surface area contributed by atoms with Gasteiger partial charge in [-0.2, -0.15) is 0 Å². The standard InChI is InChI=1S/C15H22N2O/c18-14(11-6-7-11)10-16-9-13-4-1-3-12-5-2-8-17-15(12)13/h1,3-4,11,14,16-18H,2,5-10H2. The van der Waals surface area contributed by atoms with Crippen molar-refractivity contribution in [2.24, 2.45) is 5.92 Å². The molecule has 2 aliphatic rings. The van der Waals surface area contributed by atoms with E-state index in [1.165, 1.54) is 42.5 Å². The van der Waals surface area contributed by atoms with Gasteiger partial charge in [0.1, 0.15) is 0 Å². The minimum Gasteiger partial charge on any atom is -0.392 e. The molecule has 0 aromatic heterocycles. The Bertz CT molecular complexity index is 415. The van der Waals surface area contributed by atoms with E-state index in [9.17, 15) is 5.11 Å². The van der Waals surface area contributed by atoms with E-state index in [2.05, 4.69) is 28.8 Å². The van der Waals surface area contributed by atoms with Crippen molar-refractivity contribution in [1.29, 1.82) is 0 Å². The molecule has 0 saturated heterocycles. The SMILES string of the molecule is OC(CNCc1cccc2c1NCCC2)C1CC1. The normalized spacial score (nSPS) is 20.1. The number of fused-ring (bicyclic) bond motifs is 1. The molecule has 3 nitrogen and oxygen atoms in total. The summed E-state index contributed by atoms with van der Waals surface area (Å²) in [6.45, 7) is 2.64. The van der Waals surface area contributed by atoms with Crippen LogP contribution < -0.4 is 10.6 Å². The average Bonchev–Trinajstić information content (AvgIpc) is 3.23. The van der Waals surface area contributed by atoms with Gasteiger partial charge in [-0.3, -0.25) is 0 Å². The van der Waals surface area contributed by atoms with Gasteiger partial charge in [0.25, 0.3) is 0 Å². The highest BCUT2D eigenvalue weighted by atomic mass is 16.3. The fraction of sp³-hybridized carbons (Fsp3) is 0.600. The Hall–Kier alpha value is -1.06. The van der Waals surface area contributed by atoms with Crippen molar-refractivity contribution in [2.45, 2.75) is 38.3 Å². The van der Waals surface area contributed by atoms with E-state index >= 15 is 0 Å². The second kappa shape index (κ2) is 5.29. The van der Waals surface area contributed by atoms with Crippen molar-refractivity contribution in [2.75, 3.05) is 18.4 Å². The maximum atomic E-state index is 9.83. The second-order valence-corrected chi connectivity index (χ2v) is 5.52. The summed E-state index contributed by atoms with van der Waals surface area (Å²) in [5.41, 5.74) is 4.08. The van der Waals surface area contributed by atoms with E-state index in [1.807, 2.05) is 0 Å². The lowest BCUT2D eigenvalue weighted by Gasteiger charge is -2.21. The highest BCUT2D eigenvalue weighted by Crippen LogP contribution is 2.32. The number of aliphatic hydroxyl groups excluding tert-OH is 1. The Labute approximate surface area is 109 Å². The minimum atomic E-state index is -0.155. The molecular formula is C15H22N2O. The quantitative estimate of drug-likeness (QED) is 0.743. The van der Waals surface area contributed by atoms with Crippen molar-refractivity contribution < 1.29 is 5.11 Å². The van der Waals surface area contributed by atoms with Crippen LogP contribution in [0.25, 0.3) is 0 Å². The van der Waals surface area contributed by atoms with Crippen LogP contribution in [-0.2, 0) is 13.0 Å². The van der Waals surface area contributed by atoms with Crippen molar-refractivity contribution in [1.82, 2.24) is 5.32 Å². The number of aliphatic hydroxyl groups is 1. The zero-order valence-corrected chi connectivity index (χ0v) is 10.8. The first-order valence-electron chi connectivity index (χ1n) is 7.08. The first-order valence-corrected chi connectivity index (χ1v) is 7.08.